The van der Waals surface area contributed by atoms with Crippen molar-refractivity contribution in [3.05, 3.63) is 71.4 Å². The lowest BCUT2D eigenvalue weighted by atomic mass is 9.83. The molecule has 2 N–H and O–H groups in total. The highest BCUT2D eigenvalue weighted by atomic mass is 16.5. The van der Waals surface area contributed by atoms with Crippen molar-refractivity contribution in [2.24, 2.45) is 29.6 Å². The molecule has 1 rings (SSSR count). The van der Waals surface area contributed by atoms with Gasteiger partial charge >= 0.3 is 5.97 Å². The molecule has 1 aliphatic rings. The highest BCUT2D eigenvalue weighted by Crippen LogP contribution is 2.24. The van der Waals surface area contributed by atoms with Gasteiger partial charge in [0.1, 0.15) is 11.9 Å². The zero-order valence-electron chi connectivity index (χ0n) is 24.0. The number of hydrogen-bond donors (Lipinski definition) is 2. The molecule has 0 aromatic carbocycles. The molecule has 0 spiro atoms. The van der Waals surface area contributed by atoms with E-state index in [-0.39, 0.29) is 42.2 Å². The van der Waals surface area contributed by atoms with Crippen molar-refractivity contribution in [2.45, 2.75) is 80.4 Å². The highest BCUT2D eigenvalue weighted by molar-refractivity contribution is 5.85. The second-order valence-corrected chi connectivity index (χ2v) is 10.8. The lowest BCUT2D eigenvalue weighted by molar-refractivity contribution is -0.143. The second kappa shape index (κ2) is 16.4. The van der Waals surface area contributed by atoms with E-state index < -0.39 is 12.0 Å². The molecule has 5 heteroatoms. The number of aliphatic hydroxyl groups is 2. The molecular formula is C32H48O5. The summed E-state index contributed by atoms with van der Waals surface area (Å²) in [6.45, 7) is 15.7. The maximum Gasteiger partial charge on any atom is 0.331 e. The van der Waals surface area contributed by atoms with Gasteiger partial charge in [0.15, 0.2) is 0 Å². The molecule has 1 heterocycles. The predicted molar refractivity (Wildman–Crippen MR) is 152 cm³/mol. The Balaban J connectivity index is 2.62. The van der Waals surface area contributed by atoms with Crippen LogP contribution in [-0.4, -0.2) is 40.8 Å². The van der Waals surface area contributed by atoms with E-state index in [0.717, 1.165) is 23.1 Å². The Morgan fingerprint density at radius 1 is 1.08 bits per heavy atom. The van der Waals surface area contributed by atoms with Gasteiger partial charge in [0, 0.05) is 23.8 Å². The topological polar surface area (TPSA) is 83.8 Å². The first-order valence-corrected chi connectivity index (χ1v) is 13.4. The minimum Gasteiger partial charge on any atom is -0.454 e. The van der Waals surface area contributed by atoms with Gasteiger partial charge < -0.3 is 14.9 Å². The van der Waals surface area contributed by atoms with Crippen LogP contribution in [0.4, 0.5) is 0 Å². The van der Waals surface area contributed by atoms with Crippen LogP contribution in [0.3, 0.4) is 0 Å². The standard InChI is InChI=1S/C32H48O5/c1-21(18-23(3)12-14-29-25(5)13-15-30(34)37-29)10-9-11-22(2)19-26(6)31(35)28(8)32(36)27(7)20-24(4)16-17-33/h9,11-16,18-19,21,25-29,32-33,36H,10,17,20H2,1-8H3/b11-9-,14-12+,22-19-,23-18-,24-16-. The Labute approximate surface area is 224 Å². The fraction of sp³-hybridized carbons (Fsp3) is 0.562. The third-order valence-electron chi connectivity index (χ3n) is 6.88. The number of hydrogen-bond acceptors (Lipinski definition) is 5. The second-order valence-electron chi connectivity index (χ2n) is 10.8. The third-order valence-corrected chi connectivity index (χ3v) is 6.88. The summed E-state index contributed by atoms with van der Waals surface area (Å²) < 4.78 is 5.35. The van der Waals surface area contributed by atoms with Gasteiger partial charge in [0.2, 0.25) is 0 Å². The van der Waals surface area contributed by atoms with Crippen molar-refractivity contribution < 1.29 is 24.5 Å². The SMILES string of the molecule is CC(/C=C\CC(C)/C=C(C)\C=C\C1OC(=O)C=CC1C)=C/C(C)C(=O)C(C)C(O)C(C)C/C(C)=C\CO. The molecule has 7 atom stereocenters. The van der Waals surface area contributed by atoms with Gasteiger partial charge in [-0.3, -0.25) is 4.79 Å². The van der Waals surface area contributed by atoms with Crippen LogP contribution in [-0.2, 0) is 14.3 Å². The summed E-state index contributed by atoms with van der Waals surface area (Å²) in [4.78, 5) is 24.4. The van der Waals surface area contributed by atoms with Gasteiger partial charge in [-0.2, -0.15) is 0 Å². The normalized spacial score (nSPS) is 23.7. The Morgan fingerprint density at radius 3 is 2.38 bits per heavy atom. The van der Waals surface area contributed by atoms with Gasteiger partial charge in [-0.1, -0.05) is 93.9 Å². The molecule has 0 saturated carbocycles. The number of aliphatic hydroxyl groups excluding tert-OH is 2. The number of rotatable bonds is 14. The zero-order valence-corrected chi connectivity index (χ0v) is 24.0. The van der Waals surface area contributed by atoms with Crippen LogP contribution in [0.2, 0.25) is 0 Å². The molecule has 0 aromatic rings. The monoisotopic (exact) mass is 512 g/mol. The van der Waals surface area contributed by atoms with Crippen LogP contribution in [0.1, 0.15) is 68.2 Å². The molecule has 0 radical (unpaired) electrons. The number of cyclic esters (lactones) is 1. The first-order valence-electron chi connectivity index (χ1n) is 13.4. The number of Topliss-reactive ketones (excluding diaryl/α,β-unsaturated/α-hetero) is 1. The first-order chi connectivity index (χ1) is 17.3. The van der Waals surface area contributed by atoms with E-state index in [0.29, 0.717) is 12.3 Å². The molecule has 5 nitrogen and oxygen atoms in total. The summed E-state index contributed by atoms with van der Waals surface area (Å²) in [5.41, 5.74) is 3.15. The molecule has 0 amide bonds. The van der Waals surface area contributed by atoms with E-state index in [1.807, 2.05) is 71.9 Å². The van der Waals surface area contributed by atoms with Crippen molar-refractivity contribution >= 4 is 11.8 Å². The molecule has 0 bridgehead atoms. The number of ketones is 1. The fourth-order valence-electron chi connectivity index (χ4n) is 4.60. The number of carbonyl (C=O) groups is 2. The minimum absolute atomic E-state index is 0.0140. The van der Waals surface area contributed by atoms with Crippen LogP contribution >= 0.6 is 0 Å². The molecule has 37 heavy (non-hydrogen) atoms. The maximum absolute atomic E-state index is 12.9. The quantitative estimate of drug-likeness (QED) is 0.162. The summed E-state index contributed by atoms with van der Waals surface area (Å²) in [6.07, 6.45) is 17.9. The van der Waals surface area contributed by atoms with Crippen molar-refractivity contribution in [3.8, 4) is 0 Å². The largest absolute Gasteiger partial charge is 0.454 e. The number of carbonyl (C=O) groups excluding carboxylic acids is 2. The van der Waals surface area contributed by atoms with Gasteiger partial charge in [0.25, 0.3) is 0 Å². The maximum atomic E-state index is 12.9. The van der Waals surface area contributed by atoms with Crippen LogP contribution in [0.15, 0.2) is 71.4 Å². The summed E-state index contributed by atoms with van der Waals surface area (Å²) in [6, 6.07) is 0. The molecule has 7 unspecified atom stereocenters. The van der Waals surface area contributed by atoms with Crippen LogP contribution in [0.25, 0.3) is 0 Å². The van der Waals surface area contributed by atoms with Crippen molar-refractivity contribution in [3.63, 3.8) is 0 Å². The smallest absolute Gasteiger partial charge is 0.331 e. The van der Waals surface area contributed by atoms with E-state index in [2.05, 4.69) is 19.1 Å². The van der Waals surface area contributed by atoms with Crippen molar-refractivity contribution in [2.75, 3.05) is 6.61 Å². The summed E-state index contributed by atoms with van der Waals surface area (Å²) >= 11 is 0. The van der Waals surface area contributed by atoms with E-state index in [1.54, 1.807) is 13.0 Å². The van der Waals surface area contributed by atoms with Crippen LogP contribution < -0.4 is 0 Å². The molecule has 0 fully saturated rings. The molecule has 0 aromatic heterocycles. The molecule has 0 aliphatic carbocycles. The first kappa shape index (κ1) is 32.5. The number of esters is 1. The van der Waals surface area contributed by atoms with Crippen molar-refractivity contribution in [1.29, 1.82) is 0 Å². The zero-order chi connectivity index (χ0) is 28.1. The lowest BCUT2D eigenvalue weighted by Gasteiger charge is -2.25. The van der Waals surface area contributed by atoms with Gasteiger partial charge in [-0.25, -0.2) is 4.79 Å². The van der Waals surface area contributed by atoms with Gasteiger partial charge in [-0.05, 0) is 51.5 Å². The van der Waals surface area contributed by atoms with Crippen LogP contribution in [0.5, 0.6) is 0 Å². The van der Waals surface area contributed by atoms with E-state index >= 15 is 0 Å². The van der Waals surface area contributed by atoms with E-state index in [1.165, 1.54) is 6.08 Å². The van der Waals surface area contributed by atoms with Gasteiger partial charge in [0.05, 0.1) is 12.7 Å². The molecule has 0 saturated heterocycles. The number of ether oxygens (including phenoxy) is 1. The Morgan fingerprint density at radius 2 is 1.73 bits per heavy atom. The van der Waals surface area contributed by atoms with E-state index in [4.69, 9.17) is 9.84 Å². The molecule has 206 valence electrons. The Bertz CT molecular complexity index is 933. The van der Waals surface area contributed by atoms with Crippen molar-refractivity contribution in [1.82, 2.24) is 0 Å². The summed E-state index contributed by atoms with van der Waals surface area (Å²) in [5, 5.41) is 19.7. The average molecular weight is 513 g/mol. The minimum atomic E-state index is -0.726. The highest BCUT2D eigenvalue weighted by Gasteiger charge is 2.29. The van der Waals surface area contributed by atoms with Gasteiger partial charge in [-0.15, -0.1) is 0 Å². The summed E-state index contributed by atoms with van der Waals surface area (Å²) in [7, 11) is 0. The Hall–Kier alpha value is -2.50. The average Bonchev–Trinajstić information content (AvgIpc) is 2.83. The third kappa shape index (κ3) is 12.1. The fourth-order valence-corrected chi connectivity index (χ4v) is 4.60. The lowest BCUT2D eigenvalue weighted by Crippen LogP contribution is -2.34. The number of allylic oxidation sites excluding steroid dienone is 8. The summed E-state index contributed by atoms with van der Waals surface area (Å²) in [5.74, 6) is -0.580. The molecular weight excluding hydrogens is 464 g/mol. The Kier molecular flexibility index (Phi) is 14.4. The van der Waals surface area contributed by atoms with E-state index in [9.17, 15) is 14.7 Å². The predicted octanol–water partition coefficient (Wildman–Crippen LogP) is 6.30. The van der Waals surface area contributed by atoms with Crippen LogP contribution in [0, 0.1) is 29.6 Å². The molecule has 1 aliphatic heterocycles.